The first-order chi connectivity index (χ1) is 7.18. The Morgan fingerprint density at radius 2 is 1.93 bits per heavy atom. The lowest BCUT2D eigenvalue weighted by Gasteiger charge is -2.04. The Kier molecular flexibility index (Phi) is 4.11. The van der Waals surface area contributed by atoms with Gasteiger partial charge in [0.2, 0.25) is 5.91 Å². The topological polar surface area (TPSA) is 90.7 Å². The van der Waals surface area contributed by atoms with Gasteiger partial charge in [0.1, 0.15) is 5.75 Å². The van der Waals surface area contributed by atoms with Gasteiger partial charge in [-0.2, -0.15) is 5.48 Å². The van der Waals surface area contributed by atoms with Crippen molar-refractivity contribution in [1.82, 2.24) is 5.48 Å². The number of benzene rings is 1. The summed E-state index contributed by atoms with van der Waals surface area (Å²) in [6, 6.07) is 8.43. The normalized spacial score (nSPS) is 9.33. The molecule has 0 aliphatic rings. The van der Waals surface area contributed by atoms with Crippen LogP contribution in [0.25, 0.3) is 0 Å². The molecule has 1 rings (SSSR count). The number of hydrogen-bond acceptors (Lipinski definition) is 4. The fraction of sp³-hybridized carbons (Fsp3) is 0.111. The van der Waals surface area contributed by atoms with Crippen LogP contribution < -0.4 is 16.0 Å². The average molecular weight is 210 g/mol. The number of hydrogen-bond donors (Lipinski definition) is 2. The second-order valence-electron chi connectivity index (χ2n) is 2.56. The van der Waals surface area contributed by atoms with E-state index in [1.54, 1.807) is 30.3 Å². The van der Waals surface area contributed by atoms with Crippen LogP contribution in [0, 0.1) is 0 Å². The molecule has 15 heavy (non-hydrogen) atoms. The lowest BCUT2D eigenvalue weighted by Crippen LogP contribution is -2.31. The zero-order valence-corrected chi connectivity index (χ0v) is 7.80. The molecule has 0 aliphatic carbocycles. The van der Waals surface area contributed by atoms with E-state index in [2.05, 4.69) is 4.84 Å². The molecule has 0 atom stereocenters. The van der Waals surface area contributed by atoms with Gasteiger partial charge in [-0.15, -0.1) is 0 Å². The third-order valence-corrected chi connectivity index (χ3v) is 1.32. The number of para-hydroxylation sites is 1. The standard InChI is InChI=1S/C9H10N2O4/c10-8(12)6-14-11-9(13)15-7-4-2-1-3-5-7/h1-5H,6H2,(H2,10,12)(H,11,13). The van der Waals surface area contributed by atoms with Crippen LogP contribution in [0.4, 0.5) is 4.79 Å². The van der Waals surface area contributed by atoms with Crippen LogP contribution in [0.1, 0.15) is 0 Å². The van der Waals surface area contributed by atoms with Crippen LogP contribution in [-0.2, 0) is 9.63 Å². The third-order valence-electron chi connectivity index (χ3n) is 1.32. The van der Waals surface area contributed by atoms with Gasteiger partial charge >= 0.3 is 6.09 Å². The van der Waals surface area contributed by atoms with Gasteiger partial charge in [-0.25, -0.2) is 4.79 Å². The molecule has 0 bridgehead atoms. The Balaban J connectivity index is 2.28. The van der Waals surface area contributed by atoms with Crippen molar-refractivity contribution in [2.24, 2.45) is 5.73 Å². The summed E-state index contributed by atoms with van der Waals surface area (Å²) in [7, 11) is 0. The van der Waals surface area contributed by atoms with Crippen molar-refractivity contribution < 1.29 is 19.2 Å². The summed E-state index contributed by atoms with van der Waals surface area (Å²) in [5.41, 5.74) is 6.68. The Bertz CT molecular complexity index is 339. The Morgan fingerprint density at radius 3 is 2.53 bits per heavy atom. The third kappa shape index (κ3) is 4.63. The second kappa shape index (κ2) is 5.61. The molecule has 2 amide bonds. The van der Waals surface area contributed by atoms with Crippen molar-refractivity contribution in [2.45, 2.75) is 0 Å². The Labute approximate surface area is 85.9 Å². The van der Waals surface area contributed by atoms with Crippen molar-refractivity contribution >= 4 is 12.0 Å². The lowest BCUT2D eigenvalue weighted by atomic mass is 10.3. The van der Waals surface area contributed by atoms with E-state index in [1.807, 2.05) is 5.48 Å². The van der Waals surface area contributed by atoms with Gasteiger partial charge in [0.05, 0.1) is 0 Å². The quantitative estimate of drug-likeness (QED) is 0.694. The number of nitrogens with one attached hydrogen (secondary N) is 1. The molecule has 6 nitrogen and oxygen atoms in total. The molecule has 0 heterocycles. The molecule has 0 spiro atoms. The maximum atomic E-state index is 11.0. The first-order valence-corrected chi connectivity index (χ1v) is 4.11. The SMILES string of the molecule is NC(=O)CONC(=O)Oc1ccccc1. The van der Waals surface area contributed by atoms with Gasteiger partial charge in [-0.05, 0) is 12.1 Å². The van der Waals surface area contributed by atoms with Crippen LogP contribution in [-0.4, -0.2) is 18.6 Å². The molecule has 0 aliphatic heterocycles. The minimum absolute atomic E-state index is 0.373. The highest BCUT2D eigenvalue weighted by Crippen LogP contribution is 2.07. The lowest BCUT2D eigenvalue weighted by molar-refractivity contribution is -0.124. The summed E-state index contributed by atoms with van der Waals surface area (Å²) >= 11 is 0. The van der Waals surface area contributed by atoms with Crippen LogP contribution in [0.5, 0.6) is 5.75 Å². The van der Waals surface area contributed by atoms with Crippen LogP contribution in [0.15, 0.2) is 30.3 Å². The van der Waals surface area contributed by atoms with E-state index in [-0.39, 0.29) is 0 Å². The fourth-order valence-electron chi connectivity index (χ4n) is 0.783. The smallest absolute Gasteiger partial charge is 0.409 e. The minimum Gasteiger partial charge on any atom is -0.409 e. The Hall–Kier alpha value is -2.08. The number of amides is 2. The van der Waals surface area contributed by atoms with E-state index in [1.165, 1.54) is 0 Å². The maximum absolute atomic E-state index is 11.0. The van der Waals surface area contributed by atoms with Crippen molar-refractivity contribution in [3.63, 3.8) is 0 Å². The number of rotatable bonds is 4. The van der Waals surface area contributed by atoms with E-state index >= 15 is 0 Å². The number of primary amides is 1. The summed E-state index contributed by atoms with van der Waals surface area (Å²) in [5, 5.41) is 0. The zero-order chi connectivity index (χ0) is 11.1. The number of hydroxylamine groups is 1. The van der Waals surface area contributed by atoms with Crippen molar-refractivity contribution in [3.8, 4) is 5.75 Å². The van der Waals surface area contributed by atoms with Gasteiger partial charge in [0.25, 0.3) is 0 Å². The largest absolute Gasteiger partial charge is 0.436 e. The molecular formula is C9H10N2O4. The van der Waals surface area contributed by atoms with Gasteiger partial charge in [0.15, 0.2) is 6.61 Å². The summed E-state index contributed by atoms with van der Waals surface area (Å²) in [6.45, 7) is -0.399. The highest BCUT2D eigenvalue weighted by Gasteiger charge is 2.03. The molecule has 80 valence electrons. The summed E-state index contributed by atoms with van der Waals surface area (Å²) in [5.74, 6) is -0.312. The summed E-state index contributed by atoms with van der Waals surface area (Å²) in [6.07, 6.45) is -0.817. The average Bonchev–Trinajstić information content (AvgIpc) is 2.18. The summed E-state index contributed by atoms with van der Waals surface area (Å²) in [4.78, 5) is 25.7. The number of nitrogens with two attached hydrogens (primary N) is 1. The summed E-state index contributed by atoms with van der Waals surface area (Å²) < 4.78 is 4.77. The number of ether oxygens (including phenoxy) is 1. The second-order valence-corrected chi connectivity index (χ2v) is 2.56. The highest BCUT2D eigenvalue weighted by molar-refractivity contribution is 5.75. The fourth-order valence-corrected chi connectivity index (χ4v) is 0.783. The molecule has 3 N–H and O–H groups in total. The molecular weight excluding hydrogens is 200 g/mol. The highest BCUT2D eigenvalue weighted by atomic mass is 16.7. The molecule has 0 saturated heterocycles. The van der Waals surface area contributed by atoms with Gasteiger partial charge < -0.3 is 10.5 Å². The number of carbonyl (C=O) groups is 2. The monoisotopic (exact) mass is 210 g/mol. The van der Waals surface area contributed by atoms with E-state index in [0.29, 0.717) is 5.75 Å². The maximum Gasteiger partial charge on any atom is 0.436 e. The van der Waals surface area contributed by atoms with Crippen LogP contribution in [0.2, 0.25) is 0 Å². The van der Waals surface area contributed by atoms with Gasteiger partial charge in [-0.1, -0.05) is 18.2 Å². The van der Waals surface area contributed by atoms with Crippen LogP contribution in [0.3, 0.4) is 0 Å². The predicted molar refractivity (Wildman–Crippen MR) is 50.7 cm³/mol. The van der Waals surface area contributed by atoms with Crippen LogP contribution >= 0.6 is 0 Å². The van der Waals surface area contributed by atoms with Crippen molar-refractivity contribution in [3.05, 3.63) is 30.3 Å². The predicted octanol–water partition coefficient (Wildman–Crippen LogP) is 0.192. The van der Waals surface area contributed by atoms with Gasteiger partial charge in [-0.3, -0.25) is 9.63 Å². The first-order valence-electron chi connectivity index (χ1n) is 4.11. The van der Waals surface area contributed by atoms with E-state index in [4.69, 9.17) is 10.5 Å². The molecule has 6 heteroatoms. The molecule has 0 unspecified atom stereocenters. The van der Waals surface area contributed by atoms with Gasteiger partial charge in [0, 0.05) is 0 Å². The van der Waals surface area contributed by atoms with Crippen molar-refractivity contribution in [1.29, 1.82) is 0 Å². The first kappa shape index (κ1) is 11.0. The molecule has 0 saturated carbocycles. The van der Waals surface area contributed by atoms with Crippen molar-refractivity contribution in [2.75, 3.05) is 6.61 Å². The number of carbonyl (C=O) groups excluding carboxylic acids is 2. The van der Waals surface area contributed by atoms with E-state index in [9.17, 15) is 9.59 Å². The molecule has 0 aromatic heterocycles. The van der Waals surface area contributed by atoms with E-state index < -0.39 is 18.6 Å². The molecule has 1 aromatic carbocycles. The minimum atomic E-state index is -0.817. The van der Waals surface area contributed by atoms with E-state index in [0.717, 1.165) is 0 Å². The molecule has 0 radical (unpaired) electrons. The zero-order valence-electron chi connectivity index (χ0n) is 7.80. The molecule has 1 aromatic rings. The Morgan fingerprint density at radius 1 is 1.27 bits per heavy atom. The molecule has 0 fully saturated rings.